The van der Waals surface area contributed by atoms with Crippen LogP contribution in [0.25, 0.3) is 0 Å². The summed E-state index contributed by atoms with van der Waals surface area (Å²) in [6.45, 7) is 8.45. The van der Waals surface area contributed by atoms with Gasteiger partial charge in [0.2, 0.25) is 5.91 Å². The Bertz CT molecular complexity index is 456. The fourth-order valence-electron chi connectivity index (χ4n) is 2.49. The quantitative estimate of drug-likeness (QED) is 0.818. The maximum atomic E-state index is 12.4. The van der Waals surface area contributed by atoms with Crippen molar-refractivity contribution >= 4 is 5.91 Å². The van der Waals surface area contributed by atoms with Crippen molar-refractivity contribution in [3.63, 3.8) is 0 Å². The van der Waals surface area contributed by atoms with E-state index < -0.39 is 0 Å². The Kier molecular flexibility index (Phi) is 4.59. The number of rotatable bonds is 2. The largest absolute Gasteiger partial charge is 0.377 e. The van der Waals surface area contributed by atoms with Gasteiger partial charge in [0.1, 0.15) is 0 Å². The van der Waals surface area contributed by atoms with E-state index in [0.29, 0.717) is 13.0 Å². The van der Waals surface area contributed by atoms with Crippen molar-refractivity contribution in [2.75, 3.05) is 19.7 Å². The lowest BCUT2D eigenvalue weighted by Gasteiger charge is -2.22. The predicted molar refractivity (Wildman–Crippen MR) is 76.2 cm³/mol. The number of amides is 1. The Morgan fingerprint density at radius 3 is 3.00 bits per heavy atom. The topological polar surface area (TPSA) is 29.5 Å². The summed E-state index contributed by atoms with van der Waals surface area (Å²) in [6.07, 6.45) is 1.58. The van der Waals surface area contributed by atoms with E-state index in [-0.39, 0.29) is 12.0 Å². The number of benzene rings is 1. The van der Waals surface area contributed by atoms with Gasteiger partial charge in [0.25, 0.3) is 0 Å². The van der Waals surface area contributed by atoms with Gasteiger partial charge >= 0.3 is 0 Å². The number of carbonyl (C=O) groups excluding carboxylic acids is 1. The van der Waals surface area contributed by atoms with E-state index in [9.17, 15) is 4.79 Å². The maximum absolute atomic E-state index is 12.4. The van der Waals surface area contributed by atoms with Crippen LogP contribution in [0, 0.1) is 13.8 Å². The number of nitrogens with zero attached hydrogens (tertiary/aromatic N) is 1. The van der Waals surface area contributed by atoms with Crippen molar-refractivity contribution in [1.82, 2.24) is 4.90 Å². The molecule has 2 rings (SSSR count). The maximum Gasteiger partial charge on any atom is 0.227 e. The van der Waals surface area contributed by atoms with Crippen LogP contribution in [0.1, 0.15) is 30.0 Å². The summed E-state index contributed by atoms with van der Waals surface area (Å²) >= 11 is 0. The number of hydrogen-bond donors (Lipinski definition) is 0. The number of hydrogen-bond acceptors (Lipinski definition) is 2. The lowest BCUT2D eigenvalue weighted by atomic mass is 10.0. The molecule has 3 heteroatoms. The van der Waals surface area contributed by atoms with Crippen LogP contribution in [0.2, 0.25) is 0 Å². The highest BCUT2D eigenvalue weighted by Gasteiger charge is 2.20. The third kappa shape index (κ3) is 3.80. The van der Waals surface area contributed by atoms with E-state index in [1.54, 1.807) is 0 Å². The zero-order valence-electron chi connectivity index (χ0n) is 12.1. The highest BCUT2D eigenvalue weighted by Crippen LogP contribution is 2.14. The second-order valence-electron chi connectivity index (χ2n) is 5.48. The highest BCUT2D eigenvalue weighted by molar-refractivity contribution is 5.79. The van der Waals surface area contributed by atoms with Gasteiger partial charge < -0.3 is 9.64 Å². The molecule has 19 heavy (non-hydrogen) atoms. The van der Waals surface area contributed by atoms with Gasteiger partial charge in [-0.15, -0.1) is 0 Å². The van der Waals surface area contributed by atoms with Gasteiger partial charge in [-0.3, -0.25) is 4.79 Å². The standard InChI is InChI=1S/C16H23NO2/c1-12-5-6-13(2)15(9-12)10-16(18)17-7-4-8-19-14(3)11-17/h5-6,9,14H,4,7-8,10-11H2,1-3H3/t14-/m0/s1. The molecular formula is C16H23NO2. The average Bonchev–Trinajstić information content (AvgIpc) is 2.58. The van der Waals surface area contributed by atoms with Gasteiger partial charge in [-0.25, -0.2) is 0 Å². The average molecular weight is 261 g/mol. The van der Waals surface area contributed by atoms with Crippen LogP contribution < -0.4 is 0 Å². The van der Waals surface area contributed by atoms with Crippen LogP contribution in [-0.2, 0) is 16.0 Å². The molecule has 1 aromatic rings. The molecule has 1 aromatic carbocycles. The molecule has 1 fully saturated rings. The molecule has 0 aliphatic carbocycles. The van der Waals surface area contributed by atoms with Crippen LogP contribution in [0.4, 0.5) is 0 Å². The van der Waals surface area contributed by atoms with Crippen LogP contribution in [0.15, 0.2) is 18.2 Å². The van der Waals surface area contributed by atoms with Crippen LogP contribution in [-0.4, -0.2) is 36.6 Å². The molecule has 0 unspecified atom stereocenters. The number of ether oxygens (including phenoxy) is 1. The monoisotopic (exact) mass is 261 g/mol. The summed E-state index contributed by atoms with van der Waals surface area (Å²) in [7, 11) is 0. The van der Waals surface area contributed by atoms with Gasteiger partial charge in [0, 0.05) is 19.7 Å². The lowest BCUT2D eigenvalue weighted by Crippen LogP contribution is -2.37. The predicted octanol–water partition coefficient (Wildman–Crippen LogP) is 2.48. The molecule has 0 aromatic heterocycles. The second kappa shape index (κ2) is 6.20. The van der Waals surface area contributed by atoms with Crippen molar-refractivity contribution in [2.45, 2.75) is 39.7 Å². The molecule has 1 aliphatic heterocycles. The third-order valence-corrected chi connectivity index (χ3v) is 3.65. The first-order valence-corrected chi connectivity index (χ1v) is 7.02. The van der Waals surface area contributed by atoms with Crippen molar-refractivity contribution < 1.29 is 9.53 Å². The highest BCUT2D eigenvalue weighted by atomic mass is 16.5. The van der Waals surface area contributed by atoms with E-state index in [2.05, 4.69) is 32.0 Å². The lowest BCUT2D eigenvalue weighted by molar-refractivity contribution is -0.131. The molecule has 0 N–H and O–H groups in total. The molecule has 1 aliphatic rings. The van der Waals surface area contributed by atoms with Crippen molar-refractivity contribution in [3.8, 4) is 0 Å². The smallest absolute Gasteiger partial charge is 0.227 e. The fourth-order valence-corrected chi connectivity index (χ4v) is 2.49. The molecule has 0 saturated carbocycles. The van der Waals surface area contributed by atoms with E-state index >= 15 is 0 Å². The SMILES string of the molecule is Cc1ccc(C)c(CC(=O)N2CCCO[C@@H](C)C2)c1. The molecule has 1 saturated heterocycles. The Morgan fingerprint density at radius 2 is 2.21 bits per heavy atom. The Labute approximate surface area is 115 Å². The second-order valence-corrected chi connectivity index (χ2v) is 5.48. The normalized spacial score (nSPS) is 20.2. The van der Waals surface area contributed by atoms with Gasteiger partial charge in [0.15, 0.2) is 0 Å². The van der Waals surface area contributed by atoms with E-state index in [4.69, 9.17) is 4.74 Å². The summed E-state index contributed by atoms with van der Waals surface area (Å²) in [4.78, 5) is 14.3. The van der Waals surface area contributed by atoms with Crippen molar-refractivity contribution in [2.24, 2.45) is 0 Å². The molecule has 3 nitrogen and oxygen atoms in total. The Hall–Kier alpha value is -1.35. The first kappa shape index (κ1) is 14.1. The Morgan fingerprint density at radius 1 is 1.42 bits per heavy atom. The molecule has 0 spiro atoms. The molecule has 1 amide bonds. The molecule has 0 radical (unpaired) electrons. The van der Waals surface area contributed by atoms with Crippen LogP contribution in [0.3, 0.4) is 0 Å². The first-order valence-electron chi connectivity index (χ1n) is 7.02. The molecule has 104 valence electrons. The summed E-state index contributed by atoms with van der Waals surface area (Å²) in [5.41, 5.74) is 3.54. The van der Waals surface area contributed by atoms with E-state index in [0.717, 1.165) is 25.1 Å². The fraction of sp³-hybridized carbons (Fsp3) is 0.562. The minimum absolute atomic E-state index is 0.144. The summed E-state index contributed by atoms with van der Waals surface area (Å²) in [5.74, 6) is 0.214. The molecular weight excluding hydrogens is 238 g/mol. The zero-order valence-corrected chi connectivity index (χ0v) is 12.1. The van der Waals surface area contributed by atoms with Crippen LogP contribution in [0.5, 0.6) is 0 Å². The minimum atomic E-state index is 0.144. The summed E-state index contributed by atoms with van der Waals surface area (Å²) in [5, 5.41) is 0. The molecule has 1 heterocycles. The van der Waals surface area contributed by atoms with Gasteiger partial charge in [0.05, 0.1) is 12.5 Å². The van der Waals surface area contributed by atoms with Crippen LogP contribution >= 0.6 is 0 Å². The first-order chi connectivity index (χ1) is 9.06. The minimum Gasteiger partial charge on any atom is -0.377 e. The van der Waals surface area contributed by atoms with Crippen molar-refractivity contribution in [3.05, 3.63) is 34.9 Å². The zero-order chi connectivity index (χ0) is 13.8. The van der Waals surface area contributed by atoms with Gasteiger partial charge in [-0.05, 0) is 38.3 Å². The van der Waals surface area contributed by atoms with Crippen molar-refractivity contribution in [1.29, 1.82) is 0 Å². The third-order valence-electron chi connectivity index (χ3n) is 3.65. The summed E-state index contributed by atoms with van der Waals surface area (Å²) in [6, 6.07) is 6.29. The van der Waals surface area contributed by atoms with E-state index in [1.165, 1.54) is 11.1 Å². The Balaban J connectivity index is 2.05. The van der Waals surface area contributed by atoms with E-state index in [1.807, 2.05) is 11.8 Å². The molecule has 1 atom stereocenters. The van der Waals surface area contributed by atoms with Gasteiger partial charge in [-0.1, -0.05) is 23.8 Å². The van der Waals surface area contributed by atoms with Gasteiger partial charge in [-0.2, -0.15) is 0 Å². The number of aryl methyl sites for hydroxylation is 2. The molecule has 0 bridgehead atoms. The number of carbonyl (C=O) groups is 1. The summed E-state index contributed by atoms with van der Waals surface area (Å²) < 4.78 is 5.58.